The number of aromatic carboxylic acids is 1. The molecule has 0 aliphatic carbocycles. The van der Waals surface area contributed by atoms with Crippen LogP contribution in [0.5, 0.6) is 5.75 Å². The van der Waals surface area contributed by atoms with Crippen LogP contribution in [-0.2, 0) is 4.79 Å². The van der Waals surface area contributed by atoms with Crippen LogP contribution in [0.25, 0.3) is 0 Å². The average molecular weight is 251 g/mol. The maximum atomic E-state index is 11.3. The molecular weight excluding hydrogens is 234 g/mol. The van der Waals surface area contributed by atoms with Gasteiger partial charge in [-0.15, -0.1) is 0 Å². The Morgan fingerprint density at radius 3 is 2.56 bits per heavy atom. The number of hydrogen-bond acceptors (Lipinski definition) is 3. The standard InChI is InChI=1S/C13H17NO4/c1-14(2)12(15)8-5-9-18-11-7-4-3-6-10(11)13(16)17/h3-4,6-7H,5,8-9H2,1-2H3,(H,16,17). The lowest BCUT2D eigenvalue weighted by atomic mass is 10.2. The molecular formula is C13H17NO4. The number of hydrogen-bond donors (Lipinski definition) is 1. The van der Waals surface area contributed by atoms with Crippen LogP contribution in [0.2, 0.25) is 0 Å². The molecule has 1 N–H and O–H groups in total. The third-order valence-electron chi connectivity index (χ3n) is 2.41. The number of rotatable bonds is 6. The number of amides is 1. The van der Waals surface area contributed by atoms with E-state index in [9.17, 15) is 9.59 Å². The Kier molecular flexibility index (Phi) is 5.17. The minimum atomic E-state index is -1.02. The van der Waals surface area contributed by atoms with E-state index in [1.165, 1.54) is 11.0 Å². The van der Waals surface area contributed by atoms with Gasteiger partial charge in [-0.1, -0.05) is 12.1 Å². The summed E-state index contributed by atoms with van der Waals surface area (Å²) in [5, 5.41) is 8.94. The largest absolute Gasteiger partial charge is 0.493 e. The average Bonchev–Trinajstić information content (AvgIpc) is 2.34. The van der Waals surface area contributed by atoms with Gasteiger partial charge in [0.25, 0.3) is 0 Å². The summed E-state index contributed by atoms with van der Waals surface area (Å²) in [4.78, 5) is 23.7. The Morgan fingerprint density at radius 1 is 1.28 bits per heavy atom. The summed E-state index contributed by atoms with van der Waals surface area (Å²) in [5.41, 5.74) is 0.136. The molecule has 0 bridgehead atoms. The molecule has 0 heterocycles. The molecule has 1 rings (SSSR count). The summed E-state index contributed by atoms with van der Waals surface area (Å²) in [5.74, 6) is -0.651. The van der Waals surface area contributed by atoms with Gasteiger partial charge in [-0.25, -0.2) is 4.79 Å². The maximum Gasteiger partial charge on any atom is 0.339 e. The van der Waals surface area contributed by atoms with Gasteiger partial charge in [0.1, 0.15) is 11.3 Å². The third kappa shape index (κ3) is 4.08. The number of carbonyl (C=O) groups excluding carboxylic acids is 1. The summed E-state index contributed by atoms with van der Waals surface area (Å²) in [6.45, 7) is 0.323. The Balaban J connectivity index is 2.45. The van der Waals surface area contributed by atoms with Crippen LogP contribution in [0.15, 0.2) is 24.3 Å². The second kappa shape index (κ2) is 6.64. The molecule has 1 amide bonds. The first-order chi connectivity index (χ1) is 8.52. The maximum absolute atomic E-state index is 11.3. The van der Waals surface area contributed by atoms with Gasteiger partial charge in [-0.05, 0) is 18.6 Å². The number of benzene rings is 1. The van der Waals surface area contributed by atoms with Crippen LogP contribution < -0.4 is 4.74 Å². The van der Waals surface area contributed by atoms with E-state index in [0.717, 1.165) is 0 Å². The first kappa shape index (κ1) is 14.0. The van der Waals surface area contributed by atoms with E-state index in [-0.39, 0.29) is 11.5 Å². The number of carboxylic acids is 1. The monoisotopic (exact) mass is 251 g/mol. The van der Waals surface area contributed by atoms with Crippen molar-refractivity contribution in [2.45, 2.75) is 12.8 Å². The molecule has 0 aromatic heterocycles. The van der Waals surface area contributed by atoms with Crippen LogP contribution in [0.4, 0.5) is 0 Å². The number of para-hydroxylation sites is 1. The second-order valence-electron chi connectivity index (χ2n) is 4.04. The van der Waals surface area contributed by atoms with Crippen molar-refractivity contribution < 1.29 is 19.4 Å². The predicted octanol–water partition coefficient (Wildman–Crippen LogP) is 1.63. The fourth-order valence-electron chi connectivity index (χ4n) is 1.40. The van der Waals surface area contributed by atoms with Gasteiger partial charge < -0.3 is 14.7 Å². The number of carbonyl (C=O) groups is 2. The van der Waals surface area contributed by atoms with Crippen LogP contribution in [0.3, 0.4) is 0 Å². The van der Waals surface area contributed by atoms with Crippen molar-refractivity contribution in [3.8, 4) is 5.75 Å². The Labute approximate surface area is 106 Å². The fraction of sp³-hybridized carbons (Fsp3) is 0.385. The Bertz CT molecular complexity index is 429. The van der Waals surface area contributed by atoms with Gasteiger partial charge in [0.05, 0.1) is 6.61 Å². The minimum Gasteiger partial charge on any atom is -0.493 e. The third-order valence-corrected chi connectivity index (χ3v) is 2.41. The molecule has 0 spiro atoms. The quantitative estimate of drug-likeness (QED) is 0.780. The summed E-state index contributed by atoms with van der Waals surface area (Å²) in [6.07, 6.45) is 0.952. The highest BCUT2D eigenvalue weighted by Crippen LogP contribution is 2.18. The topological polar surface area (TPSA) is 66.8 Å². The molecule has 0 aliphatic heterocycles. The molecule has 0 saturated carbocycles. The molecule has 0 unspecified atom stereocenters. The first-order valence-electron chi connectivity index (χ1n) is 5.67. The molecule has 1 aromatic carbocycles. The number of carboxylic acid groups (broad SMARTS) is 1. The molecule has 0 radical (unpaired) electrons. The first-order valence-corrected chi connectivity index (χ1v) is 5.67. The van der Waals surface area contributed by atoms with Crippen molar-refractivity contribution in [1.82, 2.24) is 4.90 Å². The van der Waals surface area contributed by atoms with E-state index < -0.39 is 5.97 Å². The van der Waals surface area contributed by atoms with E-state index in [0.29, 0.717) is 25.2 Å². The highest BCUT2D eigenvalue weighted by Gasteiger charge is 2.10. The minimum absolute atomic E-state index is 0.0325. The van der Waals surface area contributed by atoms with Gasteiger partial charge in [0.15, 0.2) is 0 Å². The Hall–Kier alpha value is -2.04. The highest BCUT2D eigenvalue weighted by atomic mass is 16.5. The molecule has 98 valence electrons. The zero-order valence-electron chi connectivity index (χ0n) is 10.5. The molecule has 5 nitrogen and oxygen atoms in total. The normalized spacial score (nSPS) is 9.89. The van der Waals surface area contributed by atoms with E-state index >= 15 is 0 Å². The second-order valence-corrected chi connectivity index (χ2v) is 4.04. The zero-order valence-corrected chi connectivity index (χ0v) is 10.5. The van der Waals surface area contributed by atoms with Crippen LogP contribution in [0.1, 0.15) is 23.2 Å². The molecule has 0 fully saturated rings. The lowest BCUT2D eigenvalue weighted by Crippen LogP contribution is -2.21. The number of ether oxygens (including phenoxy) is 1. The summed E-state index contributed by atoms with van der Waals surface area (Å²) >= 11 is 0. The van der Waals surface area contributed by atoms with Crippen LogP contribution in [0, 0.1) is 0 Å². The van der Waals surface area contributed by atoms with E-state index in [2.05, 4.69) is 0 Å². The fourth-order valence-corrected chi connectivity index (χ4v) is 1.40. The zero-order chi connectivity index (χ0) is 13.5. The van der Waals surface area contributed by atoms with Crippen LogP contribution in [-0.4, -0.2) is 42.6 Å². The van der Waals surface area contributed by atoms with Gasteiger partial charge in [0.2, 0.25) is 5.91 Å². The van der Waals surface area contributed by atoms with Gasteiger partial charge in [-0.3, -0.25) is 4.79 Å². The predicted molar refractivity (Wildman–Crippen MR) is 66.8 cm³/mol. The molecule has 1 aromatic rings. The van der Waals surface area contributed by atoms with Crippen molar-refractivity contribution in [3.05, 3.63) is 29.8 Å². The van der Waals surface area contributed by atoms with Crippen molar-refractivity contribution in [2.24, 2.45) is 0 Å². The molecule has 0 atom stereocenters. The molecule has 18 heavy (non-hydrogen) atoms. The van der Waals surface area contributed by atoms with E-state index in [1.807, 2.05) is 0 Å². The molecule has 0 saturated heterocycles. The lowest BCUT2D eigenvalue weighted by Gasteiger charge is -2.11. The highest BCUT2D eigenvalue weighted by molar-refractivity contribution is 5.90. The summed E-state index contributed by atoms with van der Waals surface area (Å²) in [6, 6.07) is 6.46. The van der Waals surface area contributed by atoms with Crippen LogP contribution >= 0.6 is 0 Å². The smallest absolute Gasteiger partial charge is 0.339 e. The van der Waals surface area contributed by atoms with Gasteiger partial charge in [0, 0.05) is 20.5 Å². The van der Waals surface area contributed by atoms with Crippen molar-refractivity contribution in [1.29, 1.82) is 0 Å². The molecule has 5 heteroatoms. The lowest BCUT2D eigenvalue weighted by molar-refractivity contribution is -0.128. The van der Waals surface area contributed by atoms with E-state index in [4.69, 9.17) is 9.84 Å². The van der Waals surface area contributed by atoms with Gasteiger partial charge in [-0.2, -0.15) is 0 Å². The SMILES string of the molecule is CN(C)C(=O)CCCOc1ccccc1C(=O)O. The van der Waals surface area contributed by atoms with Crippen molar-refractivity contribution in [2.75, 3.05) is 20.7 Å². The number of nitrogens with zero attached hydrogens (tertiary/aromatic N) is 1. The van der Waals surface area contributed by atoms with Gasteiger partial charge >= 0.3 is 5.97 Å². The van der Waals surface area contributed by atoms with E-state index in [1.54, 1.807) is 32.3 Å². The molecule has 0 aliphatic rings. The summed E-state index contributed by atoms with van der Waals surface area (Å²) in [7, 11) is 3.39. The summed E-state index contributed by atoms with van der Waals surface area (Å²) < 4.78 is 5.38. The van der Waals surface area contributed by atoms with Crippen molar-refractivity contribution in [3.63, 3.8) is 0 Å². The Morgan fingerprint density at radius 2 is 1.94 bits per heavy atom. The van der Waals surface area contributed by atoms with Crippen molar-refractivity contribution >= 4 is 11.9 Å².